The lowest BCUT2D eigenvalue weighted by Crippen LogP contribution is -2.35. The maximum atomic E-state index is 12.1. The normalized spacial score (nSPS) is 27.7. The third kappa shape index (κ3) is 3.67. The molecule has 0 spiro atoms. The summed E-state index contributed by atoms with van der Waals surface area (Å²) >= 11 is 5.88. The first-order valence-electron chi connectivity index (χ1n) is 5.91. The Morgan fingerprint density at radius 3 is 2.67 bits per heavy atom. The van der Waals surface area contributed by atoms with Crippen LogP contribution in [0.3, 0.4) is 0 Å². The molecule has 1 aliphatic carbocycles. The van der Waals surface area contributed by atoms with Gasteiger partial charge in [-0.3, -0.25) is 4.79 Å². The molecular weight excluding hydrogens is 210 g/mol. The summed E-state index contributed by atoms with van der Waals surface area (Å²) in [6.45, 7) is 4.94. The molecule has 0 saturated heterocycles. The predicted molar refractivity (Wildman–Crippen MR) is 64.1 cm³/mol. The van der Waals surface area contributed by atoms with Gasteiger partial charge in [0.05, 0.1) is 0 Å². The molecular formula is C12H22ClNO. The first kappa shape index (κ1) is 12.8. The lowest BCUT2D eigenvalue weighted by molar-refractivity contribution is -0.135. The van der Waals surface area contributed by atoms with Crippen molar-refractivity contribution in [3.05, 3.63) is 0 Å². The average molecular weight is 232 g/mol. The van der Waals surface area contributed by atoms with Gasteiger partial charge in [0, 0.05) is 24.9 Å². The van der Waals surface area contributed by atoms with E-state index in [0.29, 0.717) is 11.8 Å². The topological polar surface area (TPSA) is 20.3 Å². The van der Waals surface area contributed by atoms with Gasteiger partial charge < -0.3 is 4.90 Å². The molecule has 1 rings (SSSR count). The molecule has 88 valence electrons. The maximum absolute atomic E-state index is 12.1. The molecule has 0 aromatic heterocycles. The second kappa shape index (κ2) is 5.74. The van der Waals surface area contributed by atoms with E-state index in [1.807, 2.05) is 18.9 Å². The molecule has 1 amide bonds. The fourth-order valence-electron chi connectivity index (χ4n) is 2.28. The van der Waals surface area contributed by atoms with Crippen LogP contribution >= 0.6 is 11.6 Å². The Kier molecular flexibility index (Phi) is 4.91. The fraction of sp³-hybridized carbons (Fsp3) is 0.917. The number of amides is 1. The van der Waals surface area contributed by atoms with E-state index in [1.165, 1.54) is 12.8 Å². The highest BCUT2D eigenvalue weighted by molar-refractivity contribution is 6.20. The van der Waals surface area contributed by atoms with Gasteiger partial charge in [-0.25, -0.2) is 0 Å². The first-order valence-corrected chi connectivity index (χ1v) is 6.35. The van der Waals surface area contributed by atoms with Gasteiger partial charge in [0.1, 0.15) is 0 Å². The summed E-state index contributed by atoms with van der Waals surface area (Å²) in [5.74, 6) is 1.14. The Bertz CT molecular complexity index is 218. The molecule has 1 fully saturated rings. The zero-order chi connectivity index (χ0) is 11.4. The number of rotatable bonds is 4. The Hall–Kier alpha value is -0.240. The second-order valence-corrected chi connectivity index (χ2v) is 5.59. The lowest BCUT2D eigenvalue weighted by Gasteiger charge is -2.23. The number of hydrogen-bond acceptors (Lipinski definition) is 1. The molecule has 3 heteroatoms. The highest BCUT2D eigenvalue weighted by atomic mass is 35.5. The van der Waals surface area contributed by atoms with E-state index >= 15 is 0 Å². The van der Waals surface area contributed by atoms with Crippen molar-refractivity contribution in [2.45, 2.75) is 44.9 Å². The van der Waals surface area contributed by atoms with E-state index in [9.17, 15) is 4.79 Å². The van der Waals surface area contributed by atoms with Crippen molar-refractivity contribution in [3.8, 4) is 0 Å². The van der Waals surface area contributed by atoms with Crippen LogP contribution in [0.5, 0.6) is 0 Å². The van der Waals surface area contributed by atoms with Gasteiger partial charge >= 0.3 is 0 Å². The number of nitrogens with zero attached hydrogens (tertiary/aromatic N) is 1. The van der Waals surface area contributed by atoms with Crippen LogP contribution in [0.2, 0.25) is 0 Å². The van der Waals surface area contributed by atoms with E-state index < -0.39 is 0 Å². The minimum absolute atomic E-state index is 0.154. The summed E-state index contributed by atoms with van der Waals surface area (Å²) < 4.78 is 0. The molecule has 0 N–H and O–H groups in total. The maximum Gasteiger partial charge on any atom is 0.225 e. The Morgan fingerprint density at radius 2 is 2.20 bits per heavy atom. The molecule has 1 aliphatic rings. The second-order valence-electron chi connectivity index (χ2n) is 4.84. The van der Waals surface area contributed by atoms with E-state index in [2.05, 4.69) is 6.92 Å². The first-order chi connectivity index (χ1) is 7.02. The number of hydrogen-bond donors (Lipinski definition) is 0. The van der Waals surface area contributed by atoms with Gasteiger partial charge in [-0.1, -0.05) is 13.3 Å². The highest BCUT2D eigenvalue weighted by Crippen LogP contribution is 2.32. The van der Waals surface area contributed by atoms with Crippen molar-refractivity contribution in [3.63, 3.8) is 0 Å². The third-order valence-electron chi connectivity index (χ3n) is 3.42. The van der Waals surface area contributed by atoms with Crippen molar-refractivity contribution in [2.75, 3.05) is 13.6 Å². The van der Waals surface area contributed by atoms with Gasteiger partial charge in [-0.05, 0) is 32.1 Å². The largest absolute Gasteiger partial charge is 0.345 e. The van der Waals surface area contributed by atoms with Crippen molar-refractivity contribution in [1.29, 1.82) is 0 Å². The molecule has 0 radical (unpaired) electrons. The molecule has 3 atom stereocenters. The SMILES string of the molecule is CC(Cl)CCN(C)C(=O)C1CCCC1C. The molecule has 0 aliphatic heterocycles. The van der Waals surface area contributed by atoms with Crippen LogP contribution in [0.1, 0.15) is 39.5 Å². The molecule has 0 heterocycles. The molecule has 0 aromatic rings. The standard InChI is InChI=1S/C12H22ClNO/c1-9-5-4-6-11(9)12(15)14(3)8-7-10(2)13/h9-11H,4-8H2,1-3H3. The number of carbonyl (C=O) groups is 1. The van der Waals surface area contributed by atoms with Crippen molar-refractivity contribution < 1.29 is 4.79 Å². The van der Waals surface area contributed by atoms with Gasteiger partial charge in [0.15, 0.2) is 0 Å². The molecule has 1 saturated carbocycles. The van der Waals surface area contributed by atoms with Crippen LogP contribution in [0.25, 0.3) is 0 Å². The van der Waals surface area contributed by atoms with E-state index in [1.54, 1.807) is 0 Å². The minimum atomic E-state index is 0.154. The summed E-state index contributed by atoms with van der Waals surface area (Å²) in [7, 11) is 1.90. The summed E-state index contributed by atoms with van der Waals surface area (Å²) in [4.78, 5) is 13.9. The monoisotopic (exact) mass is 231 g/mol. The van der Waals surface area contributed by atoms with Gasteiger partial charge in [0.25, 0.3) is 0 Å². The van der Waals surface area contributed by atoms with Gasteiger partial charge in [-0.2, -0.15) is 0 Å². The summed E-state index contributed by atoms with van der Waals surface area (Å²) in [5, 5.41) is 0.154. The Labute approximate surface area is 98.0 Å². The van der Waals surface area contributed by atoms with Crippen LogP contribution in [0, 0.1) is 11.8 Å². The van der Waals surface area contributed by atoms with Crippen LogP contribution in [0.15, 0.2) is 0 Å². The lowest BCUT2D eigenvalue weighted by atomic mass is 9.97. The molecule has 3 unspecified atom stereocenters. The molecule has 2 nitrogen and oxygen atoms in total. The van der Waals surface area contributed by atoms with Crippen molar-refractivity contribution in [1.82, 2.24) is 4.90 Å². The van der Waals surface area contributed by atoms with Gasteiger partial charge in [-0.15, -0.1) is 11.6 Å². The van der Waals surface area contributed by atoms with Crippen molar-refractivity contribution >= 4 is 17.5 Å². The summed E-state index contributed by atoms with van der Waals surface area (Å²) in [5.41, 5.74) is 0. The van der Waals surface area contributed by atoms with Crippen LogP contribution in [-0.2, 0) is 4.79 Å². The average Bonchev–Trinajstić information content (AvgIpc) is 2.59. The Morgan fingerprint density at radius 1 is 1.53 bits per heavy atom. The summed E-state index contributed by atoms with van der Waals surface area (Å²) in [6.07, 6.45) is 4.36. The zero-order valence-electron chi connectivity index (χ0n) is 10.0. The number of halogens is 1. The van der Waals surface area contributed by atoms with Crippen LogP contribution in [0.4, 0.5) is 0 Å². The molecule has 15 heavy (non-hydrogen) atoms. The predicted octanol–water partition coefficient (Wildman–Crippen LogP) is 2.90. The zero-order valence-corrected chi connectivity index (χ0v) is 10.8. The fourth-order valence-corrected chi connectivity index (χ4v) is 2.37. The molecule has 0 bridgehead atoms. The summed E-state index contributed by atoms with van der Waals surface area (Å²) in [6, 6.07) is 0. The smallest absolute Gasteiger partial charge is 0.225 e. The van der Waals surface area contributed by atoms with Gasteiger partial charge in [0.2, 0.25) is 5.91 Å². The quantitative estimate of drug-likeness (QED) is 0.682. The number of alkyl halides is 1. The van der Waals surface area contributed by atoms with Crippen molar-refractivity contribution in [2.24, 2.45) is 11.8 Å². The third-order valence-corrected chi connectivity index (χ3v) is 3.64. The minimum Gasteiger partial charge on any atom is -0.345 e. The number of carbonyl (C=O) groups excluding carboxylic acids is 1. The van der Waals surface area contributed by atoms with Crippen LogP contribution < -0.4 is 0 Å². The van der Waals surface area contributed by atoms with Crippen LogP contribution in [-0.4, -0.2) is 29.8 Å². The van der Waals surface area contributed by atoms with E-state index in [-0.39, 0.29) is 11.3 Å². The van der Waals surface area contributed by atoms with E-state index in [4.69, 9.17) is 11.6 Å². The molecule has 0 aromatic carbocycles. The Balaban J connectivity index is 2.38. The highest BCUT2D eigenvalue weighted by Gasteiger charge is 2.31. The van der Waals surface area contributed by atoms with E-state index in [0.717, 1.165) is 19.4 Å².